The van der Waals surface area contributed by atoms with E-state index < -0.39 is 0 Å². The van der Waals surface area contributed by atoms with E-state index in [4.69, 9.17) is 4.74 Å². The normalized spacial score (nSPS) is 14.9. The Hall–Kier alpha value is -1.79. The van der Waals surface area contributed by atoms with Gasteiger partial charge >= 0.3 is 0 Å². The minimum absolute atomic E-state index is 0. The number of aryl methyl sites for hydroxylation is 1. The van der Waals surface area contributed by atoms with E-state index in [1.165, 1.54) is 6.07 Å². The molecule has 2 N–H and O–H groups in total. The number of hydrogen-bond acceptors (Lipinski definition) is 5. The van der Waals surface area contributed by atoms with Gasteiger partial charge in [0.15, 0.2) is 11.8 Å². The maximum Gasteiger partial charge on any atom is 0.191 e. The molecule has 0 saturated carbocycles. The molecule has 0 aliphatic carbocycles. The van der Waals surface area contributed by atoms with Gasteiger partial charge in [0.25, 0.3) is 0 Å². The van der Waals surface area contributed by atoms with Crippen LogP contribution in [0.2, 0.25) is 0 Å². The van der Waals surface area contributed by atoms with Crippen LogP contribution in [0.5, 0.6) is 0 Å². The first kappa shape index (κ1) is 25.5. The van der Waals surface area contributed by atoms with Crippen molar-refractivity contribution in [2.45, 2.75) is 26.3 Å². The summed E-state index contributed by atoms with van der Waals surface area (Å²) in [6.45, 7) is 8.51. The Bertz CT molecular complexity index is 824. The fourth-order valence-corrected chi connectivity index (χ4v) is 3.26. The molecule has 2 aromatic rings. The van der Waals surface area contributed by atoms with E-state index in [1.807, 2.05) is 24.6 Å². The molecule has 1 aromatic heterocycles. The van der Waals surface area contributed by atoms with E-state index in [9.17, 15) is 4.39 Å². The maximum absolute atomic E-state index is 13.4. The van der Waals surface area contributed by atoms with Crippen LogP contribution in [0.4, 0.5) is 4.39 Å². The maximum atomic E-state index is 13.4. The fraction of sp³-hybridized carbons (Fsp3) is 0.571. The molecule has 1 aliphatic rings. The Morgan fingerprint density at radius 2 is 1.97 bits per heavy atom. The van der Waals surface area contributed by atoms with Crippen molar-refractivity contribution >= 4 is 29.9 Å². The van der Waals surface area contributed by atoms with Crippen LogP contribution in [-0.2, 0) is 24.8 Å². The SMILES string of the molecule is Cc1nnc(CN=C(NCCCN2CCOCC2)NCCc2cccc(F)c2)n1C.I. The van der Waals surface area contributed by atoms with E-state index in [1.54, 1.807) is 12.1 Å². The number of nitrogens with zero attached hydrogens (tertiary/aromatic N) is 5. The molecule has 0 spiro atoms. The molecule has 2 heterocycles. The quantitative estimate of drug-likeness (QED) is 0.217. The van der Waals surface area contributed by atoms with Crippen molar-refractivity contribution in [2.75, 3.05) is 45.9 Å². The van der Waals surface area contributed by atoms with E-state index in [2.05, 4.69) is 30.7 Å². The van der Waals surface area contributed by atoms with Gasteiger partial charge in [-0.05, 0) is 44.0 Å². The van der Waals surface area contributed by atoms with E-state index >= 15 is 0 Å². The number of aliphatic imine (C=N–C) groups is 1. The van der Waals surface area contributed by atoms with E-state index in [0.717, 1.165) is 75.4 Å². The van der Waals surface area contributed by atoms with Gasteiger partial charge in [-0.3, -0.25) is 4.90 Å². The Balaban J connectivity index is 0.00000341. The Kier molecular flexibility index (Phi) is 11.2. The van der Waals surface area contributed by atoms with Gasteiger partial charge in [0.1, 0.15) is 18.2 Å². The van der Waals surface area contributed by atoms with Crippen molar-refractivity contribution in [3.63, 3.8) is 0 Å². The van der Waals surface area contributed by atoms with Gasteiger partial charge in [-0.2, -0.15) is 0 Å². The van der Waals surface area contributed by atoms with Crippen molar-refractivity contribution in [1.29, 1.82) is 0 Å². The molecule has 0 radical (unpaired) electrons. The van der Waals surface area contributed by atoms with Crippen molar-refractivity contribution in [2.24, 2.45) is 12.0 Å². The highest BCUT2D eigenvalue weighted by Crippen LogP contribution is 2.04. The average Bonchev–Trinajstić information content (AvgIpc) is 3.07. The summed E-state index contributed by atoms with van der Waals surface area (Å²) in [5.74, 6) is 2.20. The molecule has 1 fully saturated rings. The Labute approximate surface area is 200 Å². The molecule has 8 nitrogen and oxygen atoms in total. The van der Waals surface area contributed by atoms with Crippen LogP contribution in [0.1, 0.15) is 23.6 Å². The van der Waals surface area contributed by atoms with Crippen LogP contribution < -0.4 is 10.6 Å². The highest BCUT2D eigenvalue weighted by atomic mass is 127. The summed E-state index contributed by atoms with van der Waals surface area (Å²) >= 11 is 0. The Morgan fingerprint density at radius 1 is 1.19 bits per heavy atom. The predicted octanol–water partition coefficient (Wildman–Crippen LogP) is 1.88. The first-order valence-corrected chi connectivity index (χ1v) is 10.5. The molecular formula is C21H33FIN7O. The van der Waals surface area contributed by atoms with Crippen LogP contribution in [0.15, 0.2) is 29.3 Å². The van der Waals surface area contributed by atoms with Crippen LogP contribution in [-0.4, -0.2) is 71.6 Å². The number of ether oxygens (including phenoxy) is 1. The monoisotopic (exact) mass is 545 g/mol. The summed E-state index contributed by atoms with van der Waals surface area (Å²) < 4.78 is 20.7. The van der Waals surface area contributed by atoms with Crippen LogP contribution in [0, 0.1) is 12.7 Å². The molecule has 1 saturated heterocycles. The third-order valence-corrected chi connectivity index (χ3v) is 5.20. The smallest absolute Gasteiger partial charge is 0.191 e. The minimum atomic E-state index is -0.208. The van der Waals surface area contributed by atoms with Gasteiger partial charge in [0, 0.05) is 33.2 Å². The van der Waals surface area contributed by atoms with Gasteiger partial charge in [-0.25, -0.2) is 9.38 Å². The number of guanidine groups is 1. The summed E-state index contributed by atoms with van der Waals surface area (Å²) in [5, 5.41) is 15.0. The van der Waals surface area contributed by atoms with Gasteiger partial charge in [0.2, 0.25) is 0 Å². The largest absolute Gasteiger partial charge is 0.379 e. The fourth-order valence-electron chi connectivity index (χ4n) is 3.26. The summed E-state index contributed by atoms with van der Waals surface area (Å²) in [6.07, 6.45) is 1.74. The molecule has 172 valence electrons. The lowest BCUT2D eigenvalue weighted by Gasteiger charge is -2.26. The Morgan fingerprint density at radius 3 is 2.68 bits per heavy atom. The number of nitrogens with one attached hydrogen (secondary N) is 2. The molecule has 0 amide bonds. The lowest BCUT2D eigenvalue weighted by molar-refractivity contribution is 0.0376. The van der Waals surface area contributed by atoms with E-state index in [0.29, 0.717) is 13.1 Å². The number of morpholine rings is 1. The van der Waals surface area contributed by atoms with Gasteiger partial charge < -0.3 is 19.9 Å². The predicted molar refractivity (Wildman–Crippen MR) is 130 cm³/mol. The third-order valence-electron chi connectivity index (χ3n) is 5.20. The summed E-state index contributed by atoms with van der Waals surface area (Å²) in [6, 6.07) is 6.69. The number of aromatic nitrogens is 3. The second-order valence-electron chi connectivity index (χ2n) is 7.43. The summed E-state index contributed by atoms with van der Waals surface area (Å²) in [4.78, 5) is 7.08. The highest BCUT2D eigenvalue weighted by Gasteiger charge is 2.10. The number of hydrogen-bond donors (Lipinski definition) is 2. The van der Waals surface area contributed by atoms with Crippen molar-refractivity contribution in [3.8, 4) is 0 Å². The number of halogens is 2. The molecule has 0 unspecified atom stereocenters. The average molecular weight is 545 g/mol. The zero-order valence-electron chi connectivity index (χ0n) is 18.3. The molecule has 3 rings (SSSR count). The van der Waals surface area contributed by atoms with Crippen molar-refractivity contribution in [3.05, 3.63) is 47.3 Å². The standard InChI is InChI=1S/C21H32FN7O.HI/c1-17-26-27-20(28(17)2)16-25-21(23-8-4-10-29-11-13-30-14-12-29)24-9-7-18-5-3-6-19(22)15-18;/h3,5-6,15H,4,7-14,16H2,1-2H3,(H2,23,24,25);1H. The molecular weight excluding hydrogens is 512 g/mol. The molecule has 1 aliphatic heterocycles. The van der Waals surface area contributed by atoms with Gasteiger partial charge in [-0.15, -0.1) is 34.2 Å². The minimum Gasteiger partial charge on any atom is -0.379 e. The van der Waals surface area contributed by atoms with Crippen LogP contribution in [0.25, 0.3) is 0 Å². The van der Waals surface area contributed by atoms with Gasteiger partial charge in [-0.1, -0.05) is 12.1 Å². The molecule has 0 bridgehead atoms. The number of rotatable bonds is 9. The highest BCUT2D eigenvalue weighted by molar-refractivity contribution is 14.0. The third kappa shape index (κ3) is 8.69. The summed E-state index contributed by atoms with van der Waals surface area (Å²) in [7, 11) is 1.94. The first-order valence-electron chi connectivity index (χ1n) is 10.5. The summed E-state index contributed by atoms with van der Waals surface area (Å²) in [5.41, 5.74) is 0.957. The van der Waals surface area contributed by atoms with E-state index in [-0.39, 0.29) is 29.8 Å². The molecule has 10 heteroatoms. The second-order valence-corrected chi connectivity index (χ2v) is 7.43. The topological polar surface area (TPSA) is 79.6 Å². The lowest BCUT2D eigenvalue weighted by Crippen LogP contribution is -2.41. The molecule has 1 aromatic carbocycles. The number of benzene rings is 1. The van der Waals surface area contributed by atoms with Crippen LogP contribution >= 0.6 is 24.0 Å². The molecule has 31 heavy (non-hydrogen) atoms. The van der Waals surface area contributed by atoms with Crippen molar-refractivity contribution < 1.29 is 9.13 Å². The zero-order chi connectivity index (χ0) is 21.2. The first-order chi connectivity index (χ1) is 14.6. The molecule has 0 atom stereocenters. The lowest BCUT2D eigenvalue weighted by atomic mass is 10.1. The second kappa shape index (κ2) is 13.6. The zero-order valence-corrected chi connectivity index (χ0v) is 20.6. The van der Waals surface area contributed by atoms with Crippen molar-refractivity contribution in [1.82, 2.24) is 30.3 Å². The van der Waals surface area contributed by atoms with Crippen LogP contribution in [0.3, 0.4) is 0 Å². The van der Waals surface area contributed by atoms with Gasteiger partial charge in [0.05, 0.1) is 13.2 Å².